The SMILES string of the molecule is COCCNC(=S)N/N=C\c1ccc(C#N)cc1. The van der Waals surface area contributed by atoms with Gasteiger partial charge in [0.15, 0.2) is 5.11 Å². The van der Waals surface area contributed by atoms with Crippen LogP contribution >= 0.6 is 12.2 Å². The van der Waals surface area contributed by atoms with Crippen molar-refractivity contribution in [2.75, 3.05) is 20.3 Å². The lowest BCUT2D eigenvalue weighted by Gasteiger charge is -2.05. The second-order valence-corrected chi connectivity index (χ2v) is 3.76. The van der Waals surface area contributed by atoms with Gasteiger partial charge in [-0.1, -0.05) is 12.1 Å². The summed E-state index contributed by atoms with van der Waals surface area (Å²) < 4.78 is 4.87. The zero-order valence-electron chi connectivity index (χ0n) is 10.0. The van der Waals surface area contributed by atoms with Gasteiger partial charge in [0.2, 0.25) is 0 Å². The fraction of sp³-hybridized carbons (Fsp3) is 0.250. The summed E-state index contributed by atoms with van der Waals surface area (Å²) in [6, 6.07) is 9.14. The number of hydrogen-bond donors (Lipinski definition) is 2. The molecule has 0 spiro atoms. The van der Waals surface area contributed by atoms with E-state index in [1.807, 2.05) is 12.1 Å². The Kier molecular flexibility index (Phi) is 6.40. The van der Waals surface area contributed by atoms with Crippen LogP contribution in [-0.2, 0) is 4.74 Å². The molecule has 0 aliphatic rings. The molecule has 6 heteroatoms. The van der Waals surface area contributed by atoms with Crippen LogP contribution in [0.2, 0.25) is 0 Å². The minimum Gasteiger partial charge on any atom is -0.383 e. The summed E-state index contributed by atoms with van der Waals surface area (Å²) in [5, 5.41) is 16.0. The van der Waals surface area contributed by atoms with Gasteiger partial charge >= 0.3 is 0 Å². The van der Waals surface area contributed by atoms with Crippen LogP contribution in [0.25, 0.3) is 0 Å². The van der Waals surface area contributed by atoms with Crippen LogP contribution in [0.1, 0.15) is 11.1 Å². The number of hydrazone groups is 1. The van der Waals surface area contributed by atoms with Gasteiger partial charge in [-0.2, -0.15) is 10.4 Å². The van der Waals surface area contributed by atoms with Crippen LogP contribution in [0.3, 0.4) is 0 Å². The molecule has 0 aliphatic carbocycles. The molecule has 0 aromatic heterocycles. The molecule has 0 aliphatic heterocycles. The minimum absolute atomic E-state index is 0.442. The molecule has 18 heavy (non-hydrogen) atoms. The first-order chi connectivity index (χ1) is 8.76. The summed E-state index contributed by atoms with van der Waals surface area (Å²) in [4.78, 5) is 0. The Hall–Kier alpha value is -1.97. The molecular weight excluding hydrogens is 248 g/mol. The number of nitrogens with one attached hydrogen (secondary N) is 2. The number of nitriles is 1. The van der Waals surface area contributed by atoms with Crippen LogP contribution in [0.4, 0.5) is 0 Å². The normalized spacial score (nSPS) is 10.0. The van der Waals surface area contributed by atoms with E-state index in [2.05, 4.69) is 21.9 Å². The van der Waals surface area contributed by atoms with Crippen molar-refractivity contribution in [2.45, 2.75) is 0 Å². The average Bonchev–Trinajstić information content (AvgIpc) is 2.40. The highest BCUT2D eigenvalue weighted by Crippen LogP contribution is 2.00. The largest absolute Gasteiger partial charge is 0.383 e. The number of hydrogen-bond acceptors (Lipinski definition) is 4. The molecule has 0 saturated heterocycles. The quantitative estimate of drug-likeness (QED) is 0.358. The van der Waals surface area contributed by atoms with Gasteiger partial charge in [-0.3, -0.25) is 5.43 Å². The highest BCUT2D eigenvalue weighted by Gasteiger charge is 1.92. The summed E-state index contributed by atoms with van der Waals surface area (Å²) in [6.45, 7) is 1.22. The molecule has 0 fully saturated rings. The monoisotopic (exact) mass is 262 g/mol. The van der Waals surface area contributed by atoms with E-state index in [9.17, 15) is 0 Å². The predicted octanol–water partition coefficient (Wildman–Crippen LogP) is 1.00. The smallest absolute Gasteiger partial charge is 0.187 e. The Labute approximate surface area is 111 Å². The van der Waals surface area contributed by atoms with Gasteiger partial charge in [0, 0.05) is 13.7 Å². The van der Waals surface area contributed by atoms with Crippen LogP contribution in [-0.4, -0.2) is 31.6 Å². The first kappa shape index (κ1) is 14.1. The van der Waals surface area contributed by atoms with Crippen molar-refractivity contribution < 1.29 is 4.74 Å². The number of methoxy groups -OCH3 is 1. The molecule has 0 unspecified atom stereocenters. The Bertz CT molecular complexity index is 450. The Morgan fingerprint density at radius 2 is 2.22 bits per heavy atom. The van der Waals surface area contributed by atoms with E-state index >= 15 is 0 Å². The molecule has 0 heterocycles. The van der Waals surface area contributed by atoms with Crippen LogP contribution in [0.5, 0.6) is 0 Å². The zero-order chi connectivity index (χ0) is 13.2. The summed E-state index contributed by atoms with van der Waals surface area (Å²) in [7, 11) is 1.63. The topological polar surface area (TPSA) is 69.4 Å². The first-order valence-corrected chi connectivity index (χ1v) is 5.73. The summed E-state index contributed by atoms with van der Waals surface area (Å²) in [5.74, 6) is 0. The lowest BCUT2D eigenvalue weighted by atomic mass is 10.2. The van der Waals surface area contributed by atoms with Gasteiger partial charge in [0.1, 0.15) is 0 Å². The molecule has 94 valence electrons. The number of rotatable bonds is 5. The van der Waals surface area contributed by atoms with E-state index in [-0.39, 0.29) is 0 Å². The number of thiocarbonyl (C=S) groups is 1. The molecule has 0 atom stereocenters. The number of benzene rings is 1. The number of nitrogens with zero attached hydrogens (tertiary/aromatic N) is 2. The third-order valence-electron chi connectivity index (χ3n) is 2.01. The van der Waals surface area contributed by atoms with Crippen molar-refractivity contribution in [3.63, 3.8) is 0 Å². The van der Waals surface area contributed by atoms with Crippen molar-refractivity contribution in [1.82, 2.24) is 10.7 Å². The van der Waals surface area contributed by atoms with Gasteiger partial charge in [-0.05, 0) is 29.9 Å². The maximum absolute atomic E-state index is 8.65. The van der Waals surface area contributed by atoms with Gasteiger partial charge in [0.25, 0.3) is 0 Å². The summed E-state index contributed by atoms with van der Waals surface area (Å²) in [5.41, 5.74) is 4.20. The minimum atomic E-state index is 0.442. The molecule has 5 nitrogen and oxygen atoms in total. The third kappa shape index (κ3) is 5.39. The highest BCUT2D eigenvalue weighted by atomic mass is 32.1. The standard InChI is InChI=1S/C12H14N4OS/c1-17-7-6-14-12(18)16-15-9-11-4-2-10(8-13)3-5-11/h2-5,9H,6-7H2,1H3,(H2,14,16,18)/b15-9-. The van der Waals surface area contributed by atoms with Gasteiger partial charge < -0.3 is 10.1 Å². The van der Waals surface area contributed by atoms with Gasteiger partial charge in [-0.25, -0.2) is 0 Å². The second kappa shape index (κ2) is 8.17. The molecule has 1 aromatic rings. The molecule has 0 saturated carbocycles. The summed E-state index contributed by atoms with van der Waals surface area (Å²) in [6.07, 6.45) is 1.63. The lowest BCUT2D eigenvalue weighted by molar-refractivity contribution is 0.204. The van der Waals surface area contributed by atoms with Crippen LogP contribution in [0.15, 0.2) is 29.4 Å². The van der Waals surface area contributed by atoms with Crippen LogP contribution < -0.4 is 10.7 Å². The molecule has 0 bridgehead atoms. The van der Waals surface area contributed by atoms with Crippen molar-refractivity contribution in [3.8, 4) is 6.07 Å². The summed E-state index contributed by atoms with van der Waals surface area (Å²) >= 11 is 4.99. The van der Waals surface area contributed by atoms with E-state index in [0.29, 0.717) is 23.8 Å². The van der Waals surface area contributed by atoms with E-state index in [1.54, 1.807) is 25.5 Å². The predicted molar refractivity (Wildman–Crippen MR) is 74.4 cm³/mol. The fourth-order valence-electron chi connectivity index (χ4n) is 1.12. The highest BCUT2D eigenvalue weighted by molar-refractivity contribution is 7.80. The van der Waals surface area contributed by atoms with Gasteiger partial charge in [-0.15, -0.1) is 0 Å². The molecule has 0 radical (unpaired) electrons. The molecule has 1 aromatic carbocycles. The maximum atomic E-state index is 8.65. The van der Waals surface area contributed by atoms with E-state index < -0.39 is 0 Å². The number of ether oxygens (including phenoxy) is 1. The lowest BCUT2D eigenvalue weighted by Crippen LogP contribution is -2.34. The molecule has 2 N–H and O–H groups in total. The zero-order valence-corrected chi connectivity index (χ0v) is 10.8. The van der Waals surface area contributed by atoms with E-state index in [1.165, 1.54) is 0 Å². The molecule has 0 amide bonds. The average molecular weight is 262 g/mol. The van der Waals surface area contributed by atoms with Crippen molar-refractivity contribution >= 4 is 23.5 Å². The van der Waals surface area contributed by atoms with Gasteiger partial charge in [0.05, 0.1) is 24.5 Å². The van der Waals surface area contributed by atoms with E-state index in [0.717, 1.165) is 5.56 Å². The van der Waals surface area contributed by atoms with Crippen LogP contribution in [0, 0.1) is 11.3 Å². The second-order valence-electron chi connectivity index (χ2n) is 3.35. The van der Waals surface area contributed by atoms with E-state index in [4.69, 9.17) is 22.2 Å². The third-order valence-corrected chi connectivity index (χ3v) is 2.25. The maximum Gasteiger partial charge on any atom is 0.187 e. The first-order valence-electron chi connectivity index (χ1n) is 5.32. The Balaban J connectivity index is 2.35. The fourth-order valence-corrected chi connectivity index (χ4v) is 1.27. The Morgan fingerprint density at radius 1 is 1.50 bits per heavy atom. The molecular formula is C12H14N4OS. The Morgan fingerprint density at radius 3 is 2.83 bits per heavy atom. The van der Waals surface area contributed by atoms with Crippen molar-refractivity contribution in [2.24, 2.45) is 5.10 Å². The molecule has 1 rings (SSSR count). The van der Waals surface area contributed by atoms with Crippen molar-refractivity contribution in [1.29, 1.82) is 5.26 Å². The van der Waals surface area contributed by atoms with Crippen molar-refractivity contribution in [3.05, 3.63) is 35.4 Å².